The van der Waals surface area contributed by atoms with E-state index in [1.165, 1.54) is 0 Å². The van der Waals surface area contributed by atoms with Crippen molar-refractivity contribution in [1.82, 2.24) is 15.5 Å². The number of nitrogens with zero attached hydrogens (tertiary/aromatic N) is 1. The molecule has 0 spiro atoms. The van der Waals surface area contributed by atoms with Gasteiger partial charge in [0, 0.05) is 24.6 Å². The Labute approximate surface area is 163 Å². The molecule has 1 aromatic rings. The molecular formula is C20H25N3O5. The topological polar surface area (TPSA) is 105 Å². The lowest BCUT2D eigenvalue weighted by Gasteiger charge is -2.19. The van der Waals surface area contributed by atoms with Crippen molar-refractivity contribution < 1.29 is 23.9 Å². The molecule has 0 radical (unpaired) electrons. The number of imide groups is 1. The van der Waals surface area contributed by atoms with Gasteiger partial charge in [-0.1, -0.05) is 30.3 Å². The van der Waals surface area contributed by atoms with E-state index in [1.807, 2.05) is 6.07 Å². The lowest BCUT2D eigenvalue weighted by molar-refractivity contribution is -0.156. The van der Waals surface area contributed by atoms with Gasteiger partial charge in [-0.05, 0) is 33.1 Å². The molecule has 1 aliphatic heterocycles. The van der Waals surface area contributed by atoms with Crippen molar-refractivity contribution in [3.05, 3.63) is 35.9 Å². The molecule has 1 atom stereocenters. The zero-order valence-electron chi connectivity index (χ0n) is 16.1. The first-order valence-corrected chi connectivity index (χ1v) is 9.47. The third-order valence-electron chi connectivity index (χ3n) is 4.72. The van der Waals surface area contributed by atoms with Crippen molar-refractivity contribution in [3.63, 3.8) is 0 Å². The van der Waals surface area contributed by atoms with Gasteiger partial charge in [0.05, 0.1) is 0 Å². The minimum atomic E-state index is -1.01. The van der Waals surface area contributed by atoms with Crippen LogP contribution in [0.3, 0.4) is 0 Å². The quantitative estimate of drug-likeness (QED) is 0.521. The van der Waals surface area contributed by atoms with E-state index in [4.69, 9.17) is 4.74 Å². The number of ether oxygens (including phenoxy) is 1. The Balaban J connectivity index is 1.54. The molecule has 8 nitrogen and oxygen atoms in total. The molecule has 1 aromatic carbocycles. The zero-order valence-corrected chi connectivity index (χ0v) is 16.1. The maximum atomic E-state index is 12.5. The number of hydrogen-bond donors (Lipinski definition) is 2. The number of carbonyl (C=O) groups is 4. The Kier molecular flexibility index (Phi) is 5.67. The maximum absolute atomic E-state index is 12.5. The van der Waals surface area contributed by atoms with Crippen LogP contribution in [-0.4, -0.2) is 46.8 Å². The molecule has 2 fully saturated rings. The van der Waals surface area contributed by atoms with E-state index in [0.717, 1.165) is 17.7 Å². The number of urea groups is 1. The van der Waals surface area contributed by atoms with E-state index in [-0.39, 0.29) is 37.2 Å². The van der Waals surface area contributed by atoms with Crippen LogP contribution in [0.5, 0.6) is 0 Å². The zero-order chi connectivity index (χ0) is 20.3. The summed E-state index contributed by atoms with van der Waals surface area (Å²) in [5, 5.41) is 5.45. The molecule has 150 valence electrons. The molecule has 0 bridgehead atoms. The van der Waals surface area contributed by atoms with Gasteiger partial charge in [-0.2, -0.15) is 0 Å². The fraction of sp³-hybridized carbons (Fsp3) is 0.500. The summed E-state index contributed by atoms with van der Waals surface area (Å²) in [6.45, 7) is 3.38. The second-order valence-corrected chi connectivity index (χ2v) is 7.68. The number of esters is 1. The summed E-state index contributed by atoms with van der Waals surface area (Å²) in [5.74, 6) is -1.21. The van der Waals surface area contributed by atoms with Crippen LogP contribution in [-0.2, 0) is 19.1 Å². The summed E-state index contributed by atoms with van der Waals surface area (Å²) in [6.07, 6.45) is 1.12. The van der Waals surface area contributed by atoms with Crippen LogP contribution >= 0.6 is 0 Å². The second-order valence-electron chi connectivity index (χ2n) is 7.68. The molecule has 3 rings (SSSR count). The molecule has 28 heavy (non-hydrogen) atoms. The number of benzene rings is 1. The monoisotopic (exact) mass is 387 g/mol. The van der Waals surface area contributed by atoms with E-state index < -0.39 is 23.6 Å². The number of rotatable bonds is 8. The van der Waals surface area contributed by atoms with Crippen molar-refractivity contribution in [2.45, 2.75) is 57.2 Å². The van der Waals surface area contributed by atoms with Gasteiger partial charge in [0.15, 0.2) is 0 Å². The van der Waals surface area contributed by atoms with Crippen molar-refractivity contribution in [1.29, 1.82) is 0 Å². The van der Waals surface area contributed by atoms with Gasteiger partial charge in [0.1, 0.15) is 5.54 Å². The molecule has 8 heteroatoms. The van der Waals surface area contributed by atoms with Gasteiger partial charge < -0.3 is 15.4 Å². The normalized spacial score (nSPS) is 19.1. The molecule has 0 unspecified atom stereocenters. The predicted octanol–water partition coefficient (Wildman–Crippen LogP) is 1.66. The highest BCUT2D eigenvalue weighted by molar-refractivity contribution is 6.06. The summed E-state index contributed by atoms with van der Waals surface area (Å²) in [5.41, 5.74) is -0.332. The van der Waals surface area contributed by atoms with Gasteiger partial charge in [-0.3, -0.25) is 19.3 Å². The lowest BCUT2D eigenvalue weighted by Crippen LogP contribution is -2.40. The van der Waals surface area contributed by atoms with Crippen molar-refractivity contribution >= 4 is 23.8 Å². The van der Waals surface area contributed by atoms with Crippen LogP contribution in [0.25, 0.3) is 0 Å². The van der Waals surface area contributed by atoms with Crippen molar-refractivity contribution in [2.75, 3.05) is 6.54 Å². The van der Waals surface area contributed by atoms with Gasteiger partial charge in [0.25, 0.3) is 11.8 Å². The average Bonchev–Trinajstić information content (AvgIpc) is 3.43. The molecule has 2 N–H and O–H groups in total. The van der Waals surface area contributed by atoms with Gasteiger partial charge in [-0.25, -0.2) is 4.79 Å². The molecule has 1 saturated heterocycles. The smallest absolute Gasteiger partial charge is 0.325 e. The average molecular weight is 387 g/mol. The standard InChI is InChI=1S/C20H25N3O5/c1-20(2)18(26)23(19(27)22-20)12-6-9-15(24)28-16(13-7-4-3-5-8-13)17(25)21-14-10-11-14/h3-5,7-8,14,16H,6,9-12H2,1-2H3,(H,21,25)(H,22,27)/t16-/m1/s1. The summed E-state index contributed by atoms with van der Waals surface area (Å²) in [7, 11) is 0. The summed E-state index contributed by atoms with van der Waals surface area (Å²) in [4.78, 5) is 49.9. The molecule has 0 aromatic heterocycles. The minimum absolute atomic E-state index is 0.00245. The molecule has 4 amide bonds. The summed E-state index contributed by atoms with van der Waals surface area (Å²) in [6, 6.07) is 8.54. The Hall–Kier alpha value is -2.90. The van der Waals surface area contributed by atoms with Crippen molar-refractivity contribution in [2.24, 2.45) is 0 Å². The van der Waals surface area contributed by atoms with E-state index in [0.29, 0.717) is 5.56 Å². The first-order valence-electron chi connectivity index (χ1n) is 9.47. The molecule has 1 heterocycles. The first kappa shape index (κ1) is 19.9. The van der Waals surface area contributed by atoms with Gasteiger partial charge in [-0.15, -0.1) is 0 Å². The van der Waals surface area contributed by atoms with Crippen LogP contribution < -0.4 is 10.6 Å². The van der Waals surface area contributed by atoms with E-state index >= 15 is 0 Å². The largest absolute Gasteiger partial charge is 0.447 e. The number of amides is 4. The highest BCUT2D eigenvalue weighted by Crippen LogP contribution is 2.24. The molecule has 1 aliphatic carbocycles. The fourth-order valence-electron chi connectivity index (χ4n) is 3.00. The van der Waals surface area contributed by atoms with Crippen LogP contribution in [0.1, 0.15) is 51.2 Å². The fourth-order valence-corrected chi connectivity index (χ4v) is 3.00. The highest BCUT2D eigenvalue weighted by atomic mass is 16.5. The van der Waals surface area contributed by atoms with Crippen LogP contribution in [0, 0.1) is 0 Å². The van der Waals surface area contributed by atoms with Crippen LogP contribution in [0.4, 0.5) is 4.79 Å². The third-order valence-corrected chi connectivity index (χ3v) is 4.72. The Morgan fingerprint density at radius 1 is 1.25 bits per heavy atom. The minimum Gasteiger partial charge on any atom is -0.447 e. The molecular weight excluding hydrogens is 362 g/mol. The summed E-state index contributed by atoms with van der Waals surface area (Å²) >= 11 is 0. The highest BCUT2D eigenvalue weighted by Gasteiger charge is 2.43. The number of hydrogen-bond acceptors (Lipinski definition) is 5. The van der Waals surface area contributed by atoms with E-state index in [2.05, 4.69) is 10.6 Å². The van der Waals surface area contributed by atoms with Crippen LogP contribution in [0.15, 0.2) is 30.3 Å². The van der Waals surface area contributed by atoms with Crippen molar-refractivity contribution in [3.8, 4) is 0 Å². The SMILES string of the molecule is CC1(C)NC(=O)N(CCCC(=O)O[C@@H](C(=O)NC2CC2)c2ccccc2)C1=O. The Bertz CT molecular complexity index is 773. The van der Waals surface area contributed by atoms with E-state index in [1.54, 1.807) is 38.1 Å². The first-order chi connectivity index (χ1) is 13.3. The third kappa shape index (κ3) is 4.68. The predicted molar refractivity (Wildman–Crippen MR) is 100.0 cm³/mol. The second kappa shape index (κ2) is 8.00. The van der Waals surface area contributed by atoms with Gasteiger partial charge >= 0.3 is 12.0 Å². The maximum Gasteiger partial charge on any atom is 0.325 e. The molecule has 1 saturated carbocycles. The Morgan fingerprint density at radius 2 is 1.93 bits per heavy atom. The van der Waals surface area contributed by atoms with E-state index in [9.17, 15) is 19.2 Å². The van der Waals surface area contributed by atoms with Crippen LogP contribution in [0.2, 0.25) is 0 Å². The number of carbonyl (C=O) groups excluding carboxylic acids is 4. The lowest BCUT2D eigenvalue weighted by atomic mass is 10.1. The summed E-state index contributed by atoms with van der Waals surface area (Å²) < 4.78 is 5.43. The Morgan fingerprint density at radius 3 is 2.50 bits per heavy atom. The molecule has 2 aliphatic rings. The number of nitrogens with one attached hydrogen (secondary N) is 2. The van der Waals surface area contributed by atoms with Gasteiger partial charge in [0.2, 0.25) is 6.10 Å².